The highest BCUT2D eigenvalue weighted by Gasteiger charge is 2.34. The Balaban J connectivity index is 2.65. The van der Waals surface area contributed by atoms with Crippen molar-refractivity contribution in [2.75, 3.05) is 46.7 Å². The molecule has 1 aliphatic heterocycles. The summed E-state index contributed by atoms with van der Waals surface area (Å²) in [6, 6.07) is 4.53. The Morgan fingerprint density at radius 3 is 2.19 bits per heavy atom. The number of hydrogen-bond donors (Lipinski definition) is 0. The molecule has 0 amide bonds. The molecule has 0 fully saturated rings. The first kappa shape index (κ1) is 19.3. The van der Waals surface area contributed by atoms with Crippen molar-refractivity contribution in [2.24, 2.45) is 0 Å². The monoisotopic (exact) mass is 365 g/mol. The van der Waals surface area contributed by atoms with Crippen LogP contribution in [0.4, 0.5) is 5.69 Å². The van der Waals surface area contributed by atoms with Crippen molar-refractivity contribution < 1.29 is 38.1 Å². The van der Waals surface area contributed by atoms with Gasteiger partial charge in [-0.25, -0.2) is 14.4 Å². The fraction of sp³-hybridized carbons (Fsp3) is 0.353. The number of rotatable bonds is 5. The van der Waals surface area contributed by atoms with Crippen LogP contribution in [-0.2, 0) is 28.5 Å². The number of anilines is 1. The van der Waals surface area contributed by atoms with Crippen molar-refractivity contribution in [2.45, 2.75) is 0 Å². The lowest BCUT2D eigenvalue weighted by Crippen LogP contribution is -2.39. The SMILES string of the molecule is COC(=O)C1=C(C(=O)OC)N(c2cc(C(=O)OC)ccc2OC)COC1. The third kappa shape index (κ3) is 3.62. The lowest BCUT2D eigenvalue weighted by Gasteiger charge is -2.32. The van der Waals surface area contributed by atoms with Gasteiger partial charge in [-0.2, -0.15) is 0 Å². The maximum atomic E-state index is 12.3. The van der Waals surface area contributed by atoms with Crippen LogP contribution in [0.2, 0.25) is 0 Å². The maximum Gasteiger partial charge on any atom is 0.355 e. The molecule has 1 aliphatic rings. The number of nitrogens with zero attached hydrogens (tertiary/aromatic N) is 1. The van der Waals surface area contributed by atoms with Crippen LogP contribution < -0.4 is 9.64 Å². The van der Waals surface area contributed by atoms with Crippen molar-refractivity contribution in [1.29, 1.82) is 0 Å². The molecule has 1 aromatic carbocycles. The summed E-state index contributed by atoms with van der Waals surface area (Å²) < 4.78 is 25.0. The van der Waals surface area contributed by atoms with Gasteiger partial charge in [-0.1, -0.05) is 0 Å². The molecule has 0 radical (unpaired) electrons. The second-order valence-electron chi connectivity index (χ2n) is 5.09. The molecule has 9 nitrogen and oxygen atoms in total. The van der Waals surface area contributed by atoms with Crippen LogP contribution in [0.1, 0.15) is 10.4 Å². The number of esters is 3. The van der Waals surface area contributed by atoms with Gasteiger partial charge in [0.1, 0.15) is 18.2 Å². The molecule has 1 heterocycles. The van der Waals surface area contributed by atoms with Gasteiger partial charge in [0.15, 0.2) is 0 Å². The summed E-state index contributed by atoms with van der Waals surface area (Å²) in [6.07, 6.45) is 0. The Morgan fingerprint density at radius 1 is 0.962 bits per heavy atom. The highest BCUT2D eigenvalue weighted by atomic mass is 16.5. The zero-order chi connectivity index (χ0) is 19.3. The minimum absolute atomic E-state index is 0.00359. The molecule has 0 N–H and O–H groups in total. The molecule has 0 unspecified atom stereocenters. The maximum absolute atomic E-state index is 12.3. The quantitative estimate of drug-likeness (QED) is 0.556. The first-order chi connectivity index (χ1) is 12.5. The topological polar surface area (TPSA) is 101 Å². The Morgan fingerprint density at radius 2 is 1.62 bits per heavy atom. The van der Waals surface area contributed by atoms with Crippen LogP contribution in [0.3, 0.4) is 0 Å². The van der Waals surface area contributed by atoms with Crippen LogP contribution in [-0.4, -0.2) is 59.7 Å². The summed E-state index contributed by atoms with van der Waals surface area (Å²) >= 11 is 0. The van der Waals surface area contributed by atoms with E-state index in [0.717, 1.165) is 0 Å². The van der Waals surface area contributed by atoms with Crippen molar-refractivity contribution >= 4 is 23.6 Å². The molecular weight excluding hydrogens is 346 g/mol. The molecule has 140 valence electrons. The largest absolute Gasteiger partial charge is 0.495 e. The molecule has 0 saturated heterocycles. The third-order valence-corrected chi connectivity index (χ3v) is 3.72. The van der Waals surface area contributed by atoms with Crippen molar-refractivity contribution in [3.8, 4) is 5.75 Å². The zero-order valence-electron chi connectivity index (χ0n) is 14.9. The molecule has 26 heavy (non-hydrogen) atoms. The van der Waals surface area contributed by atoms with Gasteiger partial charge in [-0.3, -0.25) is 0 Å². The minimum Gasteiger partial charge on any atom is -0.495 e. The summed E-state index contributed by atoms with van der Waals surface area (Å²) in [4.78, 5) is 37.6. The summed E-state index contributed by atoms with van der Waals surface area (Å²) in [5, 5.41) is 0. The lowest BCUT2D eigenvalue weighted by atomic mass is 10.1. The van der Waals surface area contributed by atoms with Crippen molar-refractivity contribution in [1.82, 2.24) is 0 Å². The van der Waals surface area contributed by atoms with E-state index in [0.29, 0.717) is 11.4 Å². The third-order valence-electron chi connectivity index (χ3n) is 3.72. The van der Waals surface area contributed by atoms with Crippen molar-refractivity contribution in [3.63, 3.8) is 0 Å². The van der Waals surface area contributed by atoms with Crippen molar-refractivity contribution in [3.05, 3.63) is 35.0 Å². The number of methoxy groups -OCH3 is 4. The van der Waals surface area contributed by atoms with Crippen LogP contribution in [0, 0.1) is 0 Å². The fourth-order valence-electron chi connectivity index (χ4n) is 2.48. The fourth-order valence-corrected chi connectivity index (χ4v) is 2.48. The Labute approximate surface area is 150 Å². The van der Waals surface area contributed by atoms with Crippen LogP contribution >= 0.6 is 0 Å². The normalized spacial score (nSPS) is 13.9. The molecule has 1 aromatic rings. The van der Waals surface area contributed by atoms with E-state index in [1.165, 1.54) is 45.5 Å². The number of hydrogen-bond acceptors (Lipinski definition) is 9. The molecule has 0 aliphatic carbocycles. The number of carbonyl (C=O) groups is 3. The average Bonchev–Trinajstić information content (AvgIpc) is 2.70. The summed E-state index contributed by atoms with van der Waals surface area (Å²) in [7, 11) is 5.08. The van der Waals surface area contributed by atoms with Gasteiger partial charge in [0, 0.05) is 0 Å². The molecule has 2 rings (SSSR count). The van der Waals surface area contributed by atoms with Gasteiger partial charge in [0.25, 0.3) is 0 Å². The van der Waals surface area contributed by atoms with E-state index in [1.54, 1.807) is 6.07 Å². The highest BCUT2D eigenvalue weighted by molar-refractivity contribution is 6.04. The molecule has 9 heteroatoms. The molecule has 0 atom stereocenters. The van der Waals surface area contributed by atoms with Gasteiger partial charge >= 0.3 is 17.9 Å². The smallest absolute Gasteiger partial charge is 0.355 e. The van der Waals surface area contributed by atoms with Gasteiger partial charge in [-0.05, 0) is 18.2 Å². The van der Waals surface area contributed by atoms with E-state index in [4.69, 9.17) is 23.7 Å². The second-order valence-corrected chi connectivity index (χ2v) is 5.09. The van der Waals surface area contributed by atoms with Gasteiger partial charge in [0.05, 0.1) is 51.9 Å². The molecular formula is C17H19NO8. The highest BCUT2D eigenvalue weighted by Crippen LogP contribution is 2.35. The number of carbonyl (C=O) groups excluding carboxylic acids is 3. The molecule has 0 saturated carbocycles. The first-order valence-corrected chi connectivity index (χ1v) is 7.49. The Kier molecular flexibility index (Phi) is 6.18. The van der Waals surface area contributed by atoms with E-state index in [1.807, 2.05) is 0 Å². The Bertz CT molecular complexity index is 755. The second kappa shape index (κ2) is 8.34. The summed E-state index contributed by atoms with van der Waals surface area (Å²) in [5.41, 5.74) is 0.511. The summed E-state index contributed by atoms with van der Waals surface area (Å²) in [5.74, 6) is -1.69. The number of ether oxygens (including phenoxy) is 5. The zero-order valence-corrected chi connectivity index (χ0v) is 14.9. The van der Waals surface area contributed by atoms with E-state index in [9.17, 15) is 14.4 Å². The molecule has 0 bridgehead atoms. The lowest BCUT2D eigenvalue weighted by molar-refractivity contribution is -0.140. The molecule has 0 spiro atoms. The minimum atomic E-state index is -0.751. The van der Waals surface area contributed by atoms with Crippen LogP contribution in [0.5, 0.6) is 5.75 Å². The van der Waals surface area contributed by atoms with Crippen LogP contribution in [0.25, 0.3) is 0 Å². The van der Waals surface area contributed by atoms with Gasteiger partial charge in [0.2, 0.25) is 0 Å². The standard InChI is InChI=1S/C17H19NO8/c1-22-13-6-5-10(15(19)23-2)7-12(13)18-9-26-8-11(16(20)24-3)14(18)17(21)25-4/h5-7H,8-9H2,1-4H3. The average molecular weight is 365 g/mol. The van der Waals surface area contributed by atoms with Gasteiger partial charge < -0.3 is 28.6 Å². The van der Waals surface area contributed by atoms with E-state index >= 15 is 0 Å². The Hall–Kier alpha value is -3.07. The van der Waals surface area contributed by atoms with Crippen LogP contribution in [0.15, 0.2) is 29.5 Å². The molecule has 0 aromatic heterocycles. The first-order valence-electron chi connectivity index (χ1n) is 7.49. The predicted molar refractivity (Wildman–Crippen MR) is 88.7 cm³/mol. The predicted octanol–water partition coefficient (Wildman–Crippen LogP) is 0.876. The van der Waals surface area contributed by atoms with E-state index in [-0.39, 0.29) is 30.2 Å². The van der Waals surface area contributed by atoms with Gasteiger partial charge in [-0.15, -0.1) is 0 Å². The van der Waals surface area contributed by atoms with E-state index in [2.05, 4.69) is 0 Å². The van der Waals surface area contributed by atoms with E-state index < -0.39 is 17.9 Å². The number of benzene rings is 1. The summed E-state index contributed by atoms with van der Waals surface area (Å²) in [6.45, 7) is -0.182.